The van der Waals surface area contributed by atoms with Gasteiger partial charge in [-0.3, -0.25) is 4.90 Å². The van der Waals surface area contributed by atoms with E-state index >= 15 is 0 Å². The zero-order valence-corrected chi connectivity index (χ0v) is 10.6. The van der Waals surface area contributed by atoms with Gasteiger partial charge in [-0.2, -0.15) is 0 Å². The van der Waals surface area contributed by atoms with Crippen molar-refractivity contribution in [2.75, 3.05) is 26.8 Å². The topological polar surface area (TPSA) is 38.5 Å². The summed E-state index contributed by atoms with van der Waals surface area (Å²) in [5.41, 5.74) is 6.15. The van der Waals surface area contributed by atoms with Crippen LogP contribution >= 0.6 is 0 Å². The summed E-state index contributed by atoms with van der Waals surface area (Å²) in [6, 6.07) is 0.576. The predicted octanol–water partition coefficient (Wildman–Crippen LogP) is 1.47. The molecule has 0 aromatic heterocycles. The summed E-state index contributed by atoms with van der Waals surface area (Å²) < 4.78 is 5.43. The zero-order valence-electron chi connectivity index (χ0n) is 10.6. The van der Waals surface area contributed by atoms with Gasteiger partial charge in [0.05, 0.1) is 0 Å². The largest absolute Gasteiger partial charge is 0.381 e. The first-order chi connectivity index (χ1) is 7.03. The average molecular weight is 214 g/mol. The number of nitrogens with zero attached hydrogens (tertiary/aromatic N) is 1. The smallest absolute Gasteiger partial charge is 0.0484 e. The number of hydrogen-bond donors (Lipinski definition) is 1. The SMILES string of the molecule is CC(C)C(C)N(C)C1(CN)CCOCC1. The van der Waals surface area contributed by atoms with E-state index in [2.05, 4.69) is 32.7 Å². The lowest BCUT2D eigenvalue weighted by Gasteiger charge is -2.47. The van der Waals surface area contributed by atoms with E-state index in [9.17, 15) is 0 Å². The third-order valence-electron chi connectivity index (χ3n) is 4.13. The zero-order chi connectivity index (χ0) is 11.5. The molecule has 0 aromatic rings. The van der Waals surface area contributed by atoms with Crippen molar-refractivity contribution in [1.82, 2.24) is 4.90 Å². The molecule has 0 aromatic carbocycles. The summed E-state index contributed by atoms with van der Waals surface area (Å²) in [7, 11) is 2.21. The fraction of sp³-hybridized carbons (Fsp3) is 1.00. The minimum absolute atomic E-state index is 0.169. The molecule has 1 aliphatic heterocycles. The fourth-order valence-electron chi connectivity index (χ4n) is 2.33. The average Bonchev–Trinajstić information content (AvgIpc) is 2.27. The number of likely N-dealkylation sites (N-methyl/N-ethyl adjacent to an activating group) is 1. The number of rotatable bonds is 4. The molecule has 1 heterocycles. The molecule has 1 atom stereocenters. The first-order valence-corrected chi connectivity index (χ1v) is 6.04. The van der Waals surface area contributed by atoms with E-state index in [0.29, 0.717) is 12.0 Å². The molecule has 0 spiro atoms. The van der Waals surface area contributed by atoms with Crippen LogP contribution in [0.4, 0.5) is 0 Å². The lowest BCUT2D eigenvalue weighted by atomic mass is 9.86. The molecule has 3 heteroatoms. The lowest BCUT2D eigenvalue weighted by Crippen LogP contribution is -2.58. The van der Waals surface area contributed by atoms with E-state index in [4.69, 9.17) is 10.5 Å². The van der Waals surface area contributed by atoms with Crippen LogP contribution in [0.2, 0.25) is 0 Å². The Labute approximate surface area is 94.0 Å². The van der Waals surface area contributed by atoms with Crippen molar-refractivity contribution >= 4 is 0 Å². The van der Waals surface area contributed by atoms with Crippen molar-refractivity contribution < 1.29 is 4.74 Å². The molecular weight excluding hydrogens is 188 g/mol. The third kappa shape index (κ3) is 2.71. The Morgan fingerprint density at radius 2 is 1.80 bits per heavy atom. The van der Waals surface area contributed by atoms with Gasteiger partial charge in [0.1, 0.15) is 0 Å². The number of ether oxygens (including phenoxy) is 1. The van der Waals surface area contributed by atoms with E-state index in [-0.39, 0.29) is 5.54 Å². The third-order valence-corrected chi connectivity index (χ3v) is 4.13. The van der Waals surface area contributed by atoms with Crippen LogP contribution in [0.15, 0.2) is 0 Å². The fourth-order valence-corrected chi connectivity index (χ4v) is 2.33. The maximum absolute atomic E-state index is 5.98. The highest BCUT2D eigenvalue weighted by atomic mass is 16.5. The highest BCUT2D eigenvalue weighted by molar-refractivity contribution is 4.94. The van der Waals surface area contributed by atoms with Gasteiger partial charge >= 0.3 is 0 Å². The highest BCUT2D eigenvalue weighted by Gasteiger charge is 2.37. The first-order valence-electron chi connectivity index (χ1n) is 6.04. The second kappa shape index (κ2) is 5.28. The van der Waals surface area contributed by atoms with Gasteiger partial charge < -0.3 is 10.5 Å². The summed E-state index contributed by atoms with van der Waals surface area (Å²) in [4.78, 5) is 2.47. The molecule has 1 rings (SSSR count). The van der Waals surface area contributed by atoms with Crippen LogP contribution in [-0.2, 0) is 4.74 Å². The second-order valence-corrected chi connectivity index (χ2v) is 5.14. The van der Waals surface area contributed by atoms with E-state index in [1.165, 1.54) is 0 Å². The minimum atomic E-state index is 0.169. The highest BCUT2D eigenvalue weighted by Crippen LogP contribution is 2.29. The molecule has 0 bridgehead atoms. The molecule has 1 aliphatic rings. The molecule has 3 nitrogen and oxygen atoms in total. The second-order valence-electron chi connectivity index (χ2n) is 5.14. The van der Waals surface area contributed by atoms with Gasteiger partial charge in [-0.05, 0) is 32.7 Å². The first kappa shape index (κ1) is 12.9. The van der Waals surface area contributed by atoms with Crippen molar-refractivity contribution in [2.45, 2.75) is 45.2 Å². The van der Waals surface area contributed by atoms with Gasteiger partial charge in [0.25, 0.3) is 0 Å². The van der Waals surface area contributed by atoms with Gasteiger partial charge in [-0.1, -0.05) is 13.8 Å². The molecule has 15 heavy (non-hydrogen) atoms. The van der Waals surface area contributed by atoms with E-state index in [0.717, 1.165) is 32.6 Å². The summed E-state index contributed by atoms with van der Waals surface area (Å²) in [5, 5.41) is 0. The van der Waals surface area contributed by atoms with Gasteiger partial charge in [-0.15, -0.1) is 0 Å². The maximum atomic E-state index is 5.98. The van der Waals surface area contributed by atoms with Crippen molar-refractivity contribution in [3.8, 4) is 0 Å². The Hall–Kier alpha value is -0.120. The van der Waals surface area contributed by atoms with Crippen LogP contribution in [0.3, 0.4) is 0 Å². The molecule has 1 unspecified atom stereocenters. The molecule has 2 N–H and O–H groups in total. The number of hydrogen-bond acceptors (Lipinski definition) is 3. The van der Waals surface area contributed by atoms with Crippen LogP contribution in [0.25, 0.3) is 0 Å². The summed E-state index contributed by atoms with van der Waals surface area (Å²) in [6.07, 6.45) is 2.13. The molecule has 0 aliphatic carbocycles. The molecule has 0 radical (unpaired) electrons. The van der Waals surface area contributed by atoms with Crippen molar-refractivity contribution in [3.63, 3.8) is 0 Å². The monoisotopic (exact) mass is 214 g/mol. The van der Waals surface area contributed by atoms with Gasteiger partial charge in [-0.25, -0.2) is 0 Å². The van der Waals surface area contributed by atoms with E-state index in [1.54, 1.807) is 0 Å². The van der Waals surface area contributed by atoms with Crippen LogP contribution < -0.4 is 5.73 Å². The van der Waals surface area contributed by atoms with Gasteiger partial charge in [0.2, 0.25) is 0 Å². The van der Waals surface area contributed by atoms with E-state index < -0.39 is 0 Å². The lowest BCUT2D eigenvalue weighted by molar-refractivity contribution is -0.0349. The van der Waals surface area contributed by atoms with Crippen LogP contribution in [0.5, 0.6) is 0 Å². The quantitative estimate of drug-likeness (QED) is 0.770. The Morgan fingerprint density at radius 1 is 1.27 bits per heavy atom. The van der Waals surface area contributed by atoms with Crippen molar-refractivity contribution in [3.05, 3.63) is 0 Å². The molecule has 0 amide bonds. The number of nitrogens with two attached hydrogens (primary N) is 1. The predicted molar refractivity (Wildman–Crippen MR) is 63.9 cm³/mol. The standard InChI is InChI=1S/C12H26N2O/c1-10(2)11(3)14(4)12(9-13)5-7-15-8-6-12/h10-11H,5-9,13H2,1-4H3. The van der Waals surface area contributed by atoms with Crippen LogP contribution in [-0.4, -0.2) is 43.3 Å². The van der Waals surface area contributed by atoms with Crippen molar-refractivity contribution in [1.29, 1.82) is 0 Å². The van der Waals surface area contributed by atoms with Crippen molar-refractivity contribution in [2.24, 2.45) is 11.7 Å². The Morgan fingerprint density at radius 3 is 2.20 bits per heavy atom. The minimum Gasteiger partial charge on any atom is -0.381 e. The summed E-state index contributed by atoms with van der Waals surface area (Å²) >= 11 is 0. The molecule has 1 fully saturated rings. The Bertz CT molecular complexity index is 188. The molecule has 0 saturated carbocycles. The molecule has 90 valence electrons. The van der Waals surface area contributed by atoms with Gasteiger partial charge in [0, 0.05) is 31.3 Å². The van der Waals surface area contributed by atoms with Crippen LogP contribution in [0.1, 0.15) is 33.6 Å². The van der Waals surface area contributed by atoms with Gasteiger partial charge in [0.15, 0.2) is 0 Å². The molecule has 1 saturated heterocycles. The summed E-state index contributed by atoms with van der Waals surface area (Å²) in [6.45, 7) is 9.27. The normalized spacial score (nSPS) is 23.4. The molecular formula is C12H26N2O. The van der Waals surface area contributed by atoms with Crippen LogP contribution in [0, 0.1) is 5.92 Å². The maximum Gasteiger partial charge on any atom is 0.0484 e. The Balaban J connectivity index is 2.71. The Kier molecular flexibility index (Phi) is 4.56. The summed E-state index contributed by atoms with van der Waals surface area (Å²) in [5.74, 6) is 0.668. The van der Waals surface area contributed by atoms with E-state index in [1.807, 2.05) is 0 Å².